The fourth-order valence-electron chi connectivity index (χ4n) is 3.50. The first-order chi connectivity index (χ1) is 16.3. The van der Waals surface area contributed by atoms with Gasteiger partial charge in [-0.05, 0) is 40.8 Å². The van der Waals surface area contributed by atoms with Gasteiger partial charge in [0.05, 0.1) is 12.3 Å². The number of nitrogens with one attached hydrogen (secondary N) is 1. The predicted molar refractivity (Wildman–Crippen MR) is 135 cm³/mol. The summed E-state index contributed by atoms with van der Waals surface area (Å²) >= 11 is 1.32. The third-order valence-corrected chi connectivity index (χ3v) is 6.34. The van der Waals surface area contributed by atoms with Gasteiger partial charge >= 0.3 is 0 Å². The van der Waals surface area contributed by atoms with Crippen LogP contribution in [0.1, 0.15) is 31.9 Å². The lowest BCUT2D eigenvalue weighted by atomic mass is 9.87. The van der Waals surface area contributed by atoms with E-state index in [-0.39, 0.29) is 22.9 Å². The van der Waals surface area contributed by atoms with Crippen LogP contribution in [0, 0.1) is 5.82 Å². The van der Waals surface area contributed by atoms with Crippen LogP contribution in [0.3, 0.4) is 0 Å². The normalized spacial score (nSPS) is 11.4. The molecule has 7 heteroatoms. The third-order valence-electron chi connectivity index (χ3n) is 5.37. The highest BCUT2D eigenvalue weighted by atomic mass is 32.2. The molecule has 1 amide bonds. The van der Waals surface area contributed by atoms with Crippen molar-refractivity contribution in [2.24, 2.45) is 0 Å². The van der Waals surface area contributed by atoms with Crippen molar-refractivity contribution in [2.45, 2.75) is 37.9 Å². The molecule has 1 aromatic heterocycles. The van der Waals surface area contributed by atoms with Crippen LogP contribution in [0.5, 0.6) is 0 Å². The number of aromatic nitrogens is 3. The van der Waals surface area contributed by atoms with Gasteiger partial charge in [0.15, 0.2) is 11.0 Å². The molecular weight excluding hydrogens is 447 g/mol. The summed E-state index contributed by atoms with van der Waals surface area (Å²) < 4.78 is 15.1. The lowest BCUT2D eigenvalue weighted by molar-refractivity contribution is -0.113. The number of thioether (sulfide) groups is 1. The number of anilines is 1. The minimum absolute atomic E-state index is 0.0646. The molecule has 0 aliphatic carbocycles. The first kappa shape index (κ1) is 23.7. The second-order valence-corrected chi connectivity index (χ2v) is 9.99. The van der Waals surface area contributed by atoms with Crippen LogP contribution in [-0.2, 0) is 16.8 Å². The smallest absolute Gasteiger partial charge is 0.234 e. The molecule has 0 radical (unpaired) electrons. The minimum atomic E-state index is -0.343. The molecule has 174 valence electrons. The number of carbonyl (C=O) groups excluding carboxylic acids is 1. The Morgan fingerprint density at radius 3 is 2.26 bits per heavy atom. The van der Waals surface area contributed by atoms with E-state index in [1.807, 2.05) is 22.8 Å². The molecule has 1 N–H and O–H groups in total. The molecule has 0 aliphatic heterocycles. The summed E-state index contributed by atoms with van der Waals surface area (Å²) in [5.41, 5.74) is 3.95. The molecule has 4 aromatic rings. The highest BCUT2D eigenvalue weighted by molar-refractivity contribution is 7.99. The number of carbonyl (C=O) groups is 1. The second kappa shape index (κ2) is 10.2. The van der Waals surface area contributed by atoms with E-state index in [1.54, 1.807) is 0 Å². The van der Waals surface area contributed by atoms with E-state index in [2.05, 4.69) is 72.7 Å². The Labute approximate surface area is 203 Å². The fourth-order valence-corrected chi connectivity index (χ4v) is 4.24. The maximum atomic E-state index is 13.1. The van der Waals surface area contributed by atoms with Gasteiger partial charge in [-0.15, -0.1) is 10.2 Å². The molecule has 0 saturated heterocycles. The van der Waals surface area contributed by atoms with E-state index in [9.17, 15) is 9.18 Å². The Hall–Kier alpha value is -3.45. The number of amides is 1. The largest absolute Gasteiger partial charge is 0.325 e. The lowest BCUT2D eigenvalue weighted by Gasteiger charge is -2.19. The number of rotatable bonds is 7. The Morgan fingerprint density at radius 2 is 1.62 bits per heavy atom. The summed E-state index contributed by atoms with van der Waals surface area (Å²) in [6, 6.07) is 24.2. The van der Waals surface area contributed by atoms with Crippen molar-refractivity contribution >= 4 is 23.4 Å². The fraction of sp³-hybridized carbons (Fsp3) is 0.222. The number of nitrogens with zero attached hydrogens (tertiary/aromatic N) is 3. The van der Waals surface area contributed by atoms with Gasteiger partial charge in [-0.25, -0.2) is 4.39 Å². The van der Waals surface area contributed by atoms with E-state index >= 15 is 0 Å². The summed E-state index contributed by atoms with van der Waals surface area (Å²) in [6.07, 6.45) is 0. The number of benzene rings is 3. The highest BCUT2D eigenvalue weighted by Crippen LogP contribution is 2.28. The van der Waals surface area contributed by atoms with Crippen molar-refractivity contribution in [3.8, 4) is 11.4 Å². The monoisotopic (exact) mass is 474 g/mol. The molecule has 1 heterocycles. The average Bonchev–Trinajstić information content (AvgIpc) is 3.22. The molecule has 5 nitrogen and oxygen atoms in total. The number of hydrogen-bond donors (Lipinski definition) is 1. The molecule has 0 aliphatic rings. The molecule has 34 heavy (non-hydrogen) atoms. The molecule has 3 aromatic carbocycles. The molecule has 0 spiro atoms. The topological polar surface area (TPSA) is 59.8 Å². The standard InChI is InChI=1S/C27H27FN4OS/c1-27(2,3)21-11-9-20(10-12-21)25-30-31-26(32(25)17-19-7-5-4-6-8-19)34-18-24(33)29-23-15-13-22(28)14-16-23/h4-16H,17-18H2,1-3H3,(H,29,33). The van der Waals surface area contributed by atoms with E-state index < -0.39 is 0 Å². The van der Waals surface area contributed by atoms with Crippen molar-refractivity contribution in [1.82, 2.24) is 14.8 Å². The van der Waals surface area contributed by atoms with Crippen molar-refractivity contribution in [1.29, 1.82) is 0 Å². The van der Waals surface area contributed by atoms with Gasteiger partial charge in [-0.3, -0.25) is 9.36 Å². The van der Waals surface area contributed by atoms with Crippen LogP contribution in [-0.4, -0.2) is 26.4 Å². The Kier molecular flexibility index (Phi) is 7.12. The number of halogens is 1. The zero-order valence-electron chi connectivity index (χ0n) is 19.5. The van der Waals surface area contributed by atoms with Crippen molar-refractivity contribution in [3.63, 3.8) is 0 Å². The Balaban J connectivity index is 1.56. The van der Waals surface area contributed by atoms with Gasteiger partial charge in [0.2, 0.25) is 5.91 Å². The first-order valence-electron chi connectivity index (χ1n) is 11.1. The lowest BCUT2D eigenvalue weighted by Crippen LogP contribution is -2.15. The van der Waals surface area contributed by atoms with Crippen LogP contribution in [0.2, 0.25) is 0 Å². The second-order valence-electron chi connectivity index (χ2n) is 9.05. The van der Waals surface area contributed by atoms with Gasteiger partial charge in [0.25, 0.3) is 0 Å². The van der Waals surface area contributed by atoms with Crippen molar-refractivity contribution < 1.29 is 9.18 Å². The SMILES string of the molecule is CC(C)(C)c1ccc(-c2nnc(SCC(=O)Nc3ccc(F)cc3)n2Cc2ccccc2)cc1. The van der Waals surface area contributed by atoms with Gasteiger partial charge < -0.3 is 5.32 Å². The third kappa shape index (κ3) is 5.91. The van der Waals surface area contributed by atoms with E-state index in [0.717, 1.165) is 17.0 Å². The van der Waals surface area contributed by atoms with Gasteiger partial charge in [-0.1, -0.05) is 87.1 Å². The van der Waals surface area contributed by atoms with Gasteiger partial charge in [0, 0.05) is 11.3 Å². The van der Waals surface area contributed by atoms with Gasteiger partial charge in [-0.2, -0.15) is 0 Å². The summed E-state index contributed by atoms with van der Waals surface area (Å²) in [5.74, 6) is 0.380. The molecule has 4 rings (SSSR count). The summed E-state index contributed by atoms with van der Waals surface area (Å²) in [5, 5.41) is 12.3. The molecule has 0 unspecified atom stereocenters. The molecule has 0 bridgehead atoms. The zero-order valence-corrected chi connectivity index (χ0v) is 20.3. The maximum absolute atomic E-state index is 13.1. The molecule has 0 atom stereocenters. The Morgan fingerprint density at radius 1 is 0.941 bits per heavy atom. The summed E-state index contributed by atoms with van der Waals surface area (Å²) in [7, 11) is 0. The van der Waals surface area contributed by atoms with Crippen LogP contribution >= 0.6 is 11.8 Å². The first-order valence-corrected chi connectivity index (χ1v) is 12.0. The van der Waals surface area contributed by atoms with Crippen molar-refractivity contribution in [2.75, 3.05) is 11.1 Å². The Bertz CT molecular complexity index is 1250. The van der Waals surface area contributed by atoms with E-state index in [1.165, 1.54) is 41.6 Å². The molecular formula is C27H27FN4OS. The predicted octanol–water partition coefficient (Wildman–Crippen LogP) is 6.16. The number of hydrogen-bond acceptors (Lipinski definition) is 4. The van der Waals surface area contributed by atoms with E-state index in [4.69, 9.17) is 0 Å². The van der Waals surface area contributed by atoms with Crippen LogP contribution in [0.15, 0.2) is 84.0 Å². The zero-order chi connectivity index (χ0) is 24.1. The highest BCUT2D eigenvalue weighted by Gasteiger charge is 2.18. The van der Waals surface area contributed by atoms with Crippen LogP contribution in [0.25, 0.3) is 11.4 Å². The van der Waals surface area contributed by atoms with Gasteiger partial charge in [0.1, 0.15) is 5.82 Å². The minimum Gasteiger partial charge on any atom is -0.325 e. The van der Waals surface area contributed by atoms with Crippen LogP contribution < -0.4 is 5.32 Å². The molecule has 0 saturated carbocycles. The molecule has 0 fully saturated rings. The summed E-state index contributed by atoms with van der Waals surface area (Å²) in [6.45, 7) is 7.15. The van der Waals surface area contributed by atoms with Crippen molar-refractivity contribution in [3.05, 3.63) is 95.8 Å². The average molecular weight is 475 g/mol. The quantitative estimate of drug-likeness (QED) is 0.326. The summed E-state index contributed by atoms with van der Waals surface area (Å²) in [4.78, 5) is 12.5. The van der Waals surface area contributed by atoms with E-state index in [0.29, 0.717) is 17.4 Å². The maximum Gasteiger partial charge on any atom is 0.234 e. The van der Waals surface area contributed by atoms with Crippen LogP contribution in [0.4, 0.5) is 10.1 Å².